The normalized spacial score (nSPS) is 35.3. The van der Waals surface area contributed by atoms with E-state index in [0.717, 1.165) is 6.54 Å². The van der Waals surface area contributed by atoms with Gasteiger partial charge in [0, 0.05) is 51.7 Å². The lowest BCUT2D eigenvalue weighted by molar-refractivity contribution is -0.289. The number of amides is 1. The Bertz CT molecular complexity index is 1060. The molecule has 47 heavy (non-hydrogen) atoms. The van der Waals surface area contributed by atoms with Crippen LogP contribution in [-0.2, 0) is 33.3 Å². The Kier molecular flexibility index (Phi) is 13.8. The van der Waals surface area contributed by atoms with Gasteiger partial charge < -0.3 is 38.8 Å². The van der Waals surface area contributed by atoms with Crippen LogP contribution in [0.1, 0.15) is 67.7 Å². The van der Waals surface area contributed by atoms with Gasteiger partial charge in [0.1, 0.15) is 18.1 Å². The molecule has 12 heteroatoms. The van der Waals surface area contributed by atoms with Crippen LogP contribution in [0, 0.1) is 23.2 Å². The molecule has 3 rings (SSSR count). The Balaban J connectivity index is 1.96. The summed E-state index contributed by atoms with van der Waals surface area (Å²) in [5.74, 6) is -0.248. The van der Waals surface area contributed by atoms with E-state index in [4.69, 9.17) is 18.9 Å². The predicted molar refractivity (Wildman–Crippen MR) is 180 cm³/mol. The highest BCUT2D eigenvalue weighted by Gasteiger charge is 2.49. The molecule has 12 nitrogen and oxygen atoms in total. The fourth-order valence-corrected chi connectivity index (χ4v) is 7.29. The number of aliphatic hydroxyl groups is 1. The van der Waals surface area contributed by atoms with E-state index in [2.05, 4.69) is 25.7 Å². The van der Waals surface area contributed by atoms with Gasteiger partial charge in [0.2, 0.25) is 5.91 Å². The number of hydrogen-bond donors (Lipinski definition) is 1. The van der Waals surface area contributed by atoms with Crippen LogP contribution >= 0.6 is 0 Å². The zero-order valence-electron chi connectivity index (χ0n) is 31.2. The van der Waals surface area contributed by atoms with Crippen molar-refractivity contribution in [2.45, 2.75) is 110 Å². The maximum absolute atomic E-state index is 14.0. The number of ketones is 1. The number of Topliss-reactive ketones (excluding diaryl/α,β-unsaturated/α-hetero) is 1. The number of nitrogens with zero attached hydrogens (tertiary/aromatic N) is 4. The SMILES string of the molecule is CO[C@]1(C)C[C@@H](C)CN(CC(C)C)C(C2CN(C(=O)CN(C)C)C2)COC(=O)C(C)(C)C(=O)C[C@H]1O[C@@H]1O[C@H](C)C[C@H](N(C)C)[C@H]1O. The molecule has 0 aromatic rings. The maximum Gasteiger partial charge on any atom is 0.319 e. The van der Waals surface area contributed by atoms with Gasteiger partial charge in [0.05, 0.1) is 30.4 Å². The van der Waals surface area contributed by atoms with Crippen molar-refractivity contribution in [1.82, 2.24) is 19.6 Å². The number of methoxy groups -OCH3 is 1. The molecule has 0 radical (unpaired) electrons. The molecule has 0 aromatic carbocycles. The molecule has 0 saturated carbocycles. The summed E-state index contributed by atoms with van der Waals surface area (Å²) >= 11 is 0. The molecule has 0 bridgehead atoms. The highest BCUT2D eigenvalue weighted by molar-refractivity contribution is 6.03. The molecule has 1 amide bonds. The topological polar surface area (TPSA) is 121 Å². The van der Waals surface area contributed by atoms with Gasteiger partial charge in [-0.05, 0) is 80.6 Å². The van der Waals surface area contributed by atoms with Crippen molar-refractivity contribution in [2.75, 3.05) is 74.6 Å². The quantitative estimate of drug-likeness (QED) is 0.287. The number of carbonyl (C=O) groups excluding carboxylic acids is 3. The van der Waals surface area contributed by atoms with Gasteiger partial charge in [0.25, 0.3) is 0 Å². The number of esters is 1. The third-order valence-electron chi connectivity index (χ3n) is 10.3. The molecule has 0 aliphatic carbocycles. The third-order valence-corrected chi connectivity index (χ3v) is 10.3. The van der Waals surface area contributed by atoms with Crippen LogP contribution in [0.5, 0.6) is 0 Å². The van der Waals surface area contributed by atoms with Crippen LogP contribution in [0.2, 0.25) is 0 Å². The highest BCUT2D eigenvalue weighted by atomic mass is 16.7. The molecule has 0 spiro atoms. The van der Waals surface area contributed by atoms with Crippen LogP contribution in [0.4, 0.5) is 0 Å². The van der Waals surface area contributed by atoms with Crippen molar-refractivity contribution < 1.29 is 38.4 Å². The average molecular weight is 669 g/mol. The van der Waals surface area contributed by atoms with Crippen LogP contribution < -0.4 is 0 Å². The second kappa shape index (κ2) is 16.4. The van der Waals surface area contributed by atoms with Crippen molar-refractivity contribution >= 4 is 17.7 Å². The van der Waals surface area contributed by atoms with E-state index in [1.54, 1.807) is 21.0 Å². The monoisotopic (exact) mass is 668 g/mol. The minimum absolute atomic E-state index is 0.0867. The average Bonchev–Trinajstić information content (AvgIpc) is 2.93. The van der Waals surface area contributed by atoms with E-state index in [1.165, 1.54) is 0 Å². The fourth-order valence-electron chi connectivity index (χ4n) is 7.29. The Morgan fingerprint density at radius 1 is 1.09 bits per heavy atom. The molecule has 0 aromatic heterocycles. The molecule has 8 atom stereocenters. The molecule has 3 aliphatic heterocycles. The molecule has 3 heterocycles. The zero-order valence-corrected chi connectivity index (χ0v) is 31.2. The third kappa shape index (κ3) is 9.95. The predicted octanol–water partition coefficient (Wildman–Crippen LogP) is 2.12. The summed E-state index contributed by atoms with van der Waals surface area (Å²) in [5, 5.41) is 11.3. The Morgan fingerprint density at radius 3 is 2.28 bits per heavy atom. The van der Waals surface area contributed by atoms with E-state index < -0.39 is 35.5 Å². The molecule has 272 valence electrons. The van der Waals surface area contributed by atoms with Crippen molar-refractivity contribution in [3.63, 3.8) is 0 Å². The molecule has 3 aliphatic rings. The lowest BCUT2D eigenvalue weighted by Gasteiger charge is -2.48. The first-order valence-electron chi connectivity index (χ1n) is 17.4. The lowest BCUT2D eigenvalue weighted by Crippen LogP contribution is -2.61. The minimum Gasteiger partial charge on any atom is -0.463 e. The summed E-state index contributed by atoms with van der Waals surface area (Å²) in [6, 6.07) is -0.301. The van der Waals surface area contributed by atoms with Crippen molar-refractivity contribution in [2.24, 2.45) is 23.2 Å². The summed E-state index contributed by atoms with van der Waals surface area (Å²) in [7, 11) is 9.22. The number of likely N-dealkylation sites (tertiary alicyclic amines) is 1. The second-order valence-electron chi connectivity index (χ2n) is 16.1. The first kappa shape index (κ1) is 39.8. The standard InChI is InChI=1S/C35H64N4O8/c1-22(2)16-38-17-23(3)15-35(7,44-12)29(47-32-31(42)26(37(10)11)13-24(4)46-32)14-28(40)34(5,6)33(43)45-21-27(38)25-18-39(19-25)30(41)20-36(8)9/h22-27,29,31-32,42H,13-21H2,1-12H3/t23-,24-,26+,27?,29-,31-,32+,35-/m1/s1. The highest BCUT2D eigenvalue weighted by Crippen LogP contribution is 2.36. The van der Waals surface area contributed by atoms with Gasteiger partial charge in [-0.2, -0.15) is 0 Å². The second-order valence-corrected chi connectivity index (χ2v) is 16.1. The van der Waals surface area contributed by atoms with Gasteiger partial charge in [-0.3, -0.25) is 19.3 Å². The number of carbonyl (C=O) groups is 3. The first-order chi connectivity index (χ1) is 21.8. The number of hydrogen-bond acceptors (Lipinski definition) is 11. The summed E-state index contributed by atoms with van der Waals surface area (Å²) in [6.07, 6.45) is -1.79. The Hall–Kier alpha value is -1.67. The molecular weight excluding hydrogens is 604 g/mol. The van der Waals surface area contributed by atoms with Gasteiger partial charge >= 0.3 is 5.97 Å². The molecular formula is C35H64N4O8. The Morgan fingerprint density at radius 2 is 1.72 bits per heavy atom. The minimum atomic E-state index is -1.44. The number of rotatable bonds is 9. The van der Waals surface area contributed by atoms with E-state index in [1.807, 2.05) is 56.7 Å². The first-order valence-corrected chi connectivity index (χ1v) is 17.4. The van der Waals surface area contributed by atoms with Gasteiger partial charge in [-0.25, -0.2) is 0 Å². The van der Waals surface area contributed by atoms with Crippen LogP contribution in [0.3, 0.4) is 0 Å². The van der Waals surface area contributed by atoms with Crippen molar-refractivity contribution in [1.29, 1.82) is 0 Å². The summed E-state index contributed by atoms with van der Waals surface area (Å²) in [4.78, 5) is 48.5. The van der Waals surface area contributed by atoms with E-state index in [-0.39, 0.29) is 54.7 Å². The van der Waals surface area contributed by atoms with Crippen LogP contribution in [-0.4, -0.2) is 159 Å². The molecule has 1 N–H and O–H groups in total. The Labute approximate surface area is 283 Å². The maximum atomic E-state index is 14.0. The fraction of sp³-hybridized carbons (Fsp3) is 0.914. The largest absolute Gasteiger partial charge is 0.463 e. The van der Waals surface area contributed by atoms with Gasteiger partial charge in [-0.15, -0.1) is 0 Å². The number of ether oxygens (including phenoxy) is 4. The van der Waals surface area contributed by atoms with Gasteiger partial charge in [-0.1, -0.05) is 20.8 Å². The van der Waals surface area contributed by atoms with Crippen LogP contribution in [0.25, 0.3) is 0 Å². The number of cyclic esters (lactones) is 1. The molecule has 3 saturated heterocycles. The van der Waals surface area contributed by atoms with E-state index in [9.17, 15) is 19.5 Å². The smallest absolute Gasteiger partial charge is 0.319 e. The van der Waals surface area contributed by atoms with E-state index in [0.29, 0.717) is 44.9 Å². The number of likely N-dealkylation sites (N-methyl/N-ethyl adjacent to an activating group) is 2. The summed E-state index contributed by atoms with van der Waals surface area (Å²) in [5.41, 5.74) is -2.38. The number of aliphatic hydroxyl groups excluding tert-OH is 1. The van der Waals surface area contributed by atoms with Gasteiger partial charge in [0.15, 0.2) is 12.1 Å². The zero-order chi connectivity index (χ0) is 35.4. The van der Waals surface area contributed by atoms with E-state index >= 15 is 0 Å². The van der Waals surface area contributed by atoms with Crippen molar-refractivity contribution in [3.05, 3.63) is 0 Å². The summed E-state index contributed by atoms with van der Waals surface area (Å²) in [6.45, 7) is 16.8. The molecule has 3 fully saturated rings. The lowest BCUT2D eigenvalue weighted by atomic mass is 9.79. The summed E-state index contributed by atoms with van der Waals surface area (Å²) < 4.78 is 24.9. The molecule has 1 unspecified atom stereocenters. The van der Waals surface area contributed by atoms with Crippen molar-refractivity contribution in [3.8, 4) is 0 Å². The van der Waals surface area contributed by atoms with Crippen LogP contribution in [0.15, 0.2) is 0 Å².